The fourth-order valence-corrected chi connectivity index (χ4v) is 1.51. The monoisotopic (exact) mass is 219 g/mol. The highest BCUT2D eigenvalue weighted by Crippen LogP contribution is 2.07. The van der Waals surface area contributed by atoms with Crippen LogP contribution in [0.4, 0.5) is 0 Å². The van der Waals surface area contributed by atoms with Gasteiger partial charge in [-0.2, -0.15) is 5.10 Å². The predicted molar refractivity (Wildman–Crippen MR) is 57.7 cm³/mol. The summed E-state index contributed by atoms with van der Waals surface area (Å²) in [5.41, 5.74) is 1.56. The van der Waals surface area contributed by atoms with Crippen LogP contribution in [-0.4, -0.2) is 27.6 Å². The smallest absolute Gasteiger partial charge is 0.257 e. The minimum absolute atomic E-state index is 0.0578. The predicted octanol–water partition coefficient (Wildman–Crippen LogP) is 1.29. The molecule has 0 spiro atoms. The summed E-state index contributed by atoms with van der Waals surface area (Å²) in [6, 6.07) is 1.65. The van der Waals surface area contributed by atoms with Crippen molar-refractivity contribution in [3.63, 3.8) is 0 Å². The van der Waals surface area contributed by atoms with E-state index < -0.39 is 0 Å². The first kappa shape index (κ1) is 10.5. The molecule has 0 radical (unpaired) electrons. The molecule has 84 valence electrons. The first-order valence-electron chi connectivity index (χ1n) is 4.92. The van der Waals surface area contributed by atoms with Gasteiger partial charge in [0.05, 0.1) is 18.0 Å². The Morgan fingerprint density at radius 1 is 1.62 bits per heavy atom. The van der Waals surface area contributed by atoms with Crippen molar-refractivity contribution in [2.75, 3.05) is 7.05 Å². The van der Waals surface area contributed by atoms with E-state index in [2.05, 4.69) is 5.10 Å². The van der Waals surface area contributed by atoms with E-state index in [1.165, 1.54) is 12.5 Å². The fourth-order valence-electron chi connectivity index (χ4n) is 1.51. The zero-order valence-corrected chi connectivity index (χ0v) is 9.25. The van der Waals surface area contributed by atoms with Crippen molar-refractivity contribution in [1.82, 2.24) is 14.7 Å². The van der Waals surface area contributed by atoms with Gasteiger partial charge in [-0.3, -0.25) is 9.48 Å². The molecule has 0 atom stereocenters. The lowest BCUT2D eigenvalue weighted by atomic mass is 10.2. The Kier molecular flexibility index (Phi) is 2.76. The van der Waals surface area contributed by atoms with Crippen molar-refractivity contribution in [2.45, 2.75) is 6.54 Å². The number of hydrogen-bond acceptors (Lipinski definition) is 3. The standard InChI is InChI=1S/C11H13N3O2/c1-13(6-9-5-12-14(2)7-9)11(15)10-3-4-16-8-10/h3-5,7-8H,6H2,1-2H3. The van der Waals surface area contributed by atoms with Crippen molar-refractivity contribution < 1.29 is 9.21 Å². The summed E-state index contributed by atoms with van der Waals surface area (Å²) >= 11 is 0. The molecule has 0 unspecified atom stereocenters. The van der Waals surface area contributed by atoms with Crippen molar-refractivity contribution in [3.8, 4) is 0 Å². The largest absolute Gasteiger partial charge is 0.472 e. The van der Waals surface area contributed by atoms with Crippen molar-refractivity contribution in [1.29, 1.82) is 0 Å². The molecule has 0 fully saturated rings. The van der Waals surface area contributed by atoms with Gasteiger partial charge < -0.3 is 9.32 Å². The first-order chi connectivity index (χ1) is 7.66. The Hall–Kier alpha value is -2.04. The van der Waals surface area contributed by atoms with Crippen LogP contribution in [0.5, 0.6) is 0 Å². The van der Waals surface area contributed by atoms with Gasteiger partial charge in [0.25, 0.3) is 5.91 Å². The Bertz CT molecular complexity index is 473. The number of amides is 1. The third-order valence-corrected chi connectivity index (χ3v) is 2.29. The average Bonchev–Trinajstić information content (AvgIpc) is 2.88. The number of rotatable bonds is 3. The molecule has 0 saturated heterocycles. The van der Waals surface area contributed by atoms with Gasteiger partial charge in [0.1, 0.15) is 6.26 Å². The number of aryl methyl sites for hydroxylation is 1. The van der Waals surface area contributed by atoms with Gasteiger partial charge in [0.15, 0.2) is 0 Å². The molecule has 0 aliphatic carbocycles. The quantitative estimate of drug-likeness (QED) is 0.781. The summed E-state index contributed by atoms with van der Waals surface area (Å²) < 4.78 is 6.59. The maximum absolute atomic E-state index is 11.9. The molecule has 5 nitrogen and oxygen atoms in total. The van der Waals surface area contributed by atoms with E-state index >= 15 is 0 Å². The lowest BCUT2D eigenvalue weighted by Crippen LogP contribution is -2.25. The van der Waals surface area contributed by atoms with E-state index in [1.54, 1.807) is 28.9 Å². The van der Waals surface area contributed by atoms with E-state index in [4.69, 9.17) is 4.42 Å². The number of carbonyl (C=O) groups is 1. The van der Waals surface area contributed by atoms with E-state index in [-0.39, 0.29) is 5.91 Å². The van der Waals surface area contributed by atoms with Crippen LogP contribution >= 0.6 is 0 Å². The highest BCUT2D eigenvalue weighted by molar-refractivity contribution is 5.93. The van der Waals surface area contributed by atoms with Gasteiger partial charge in [0, 0.05) is 32.4 Å². The van der Waals surface area contributed by atoms with Crippen LogP contribution in [0.1, 0.15) is 15.9 Å². The second kappa shape index (κ2) is 4.22. The normalized spacial score (nSPS) is 10.4. The van der Waals surface area contributed by atoms with Crippen molar-refractivity contribution >= 4 is 5.91 Å². The van der Waals surface area contributed by atoms with Crippen LogP contribution in [0.25, 0.3) is 0 Å². The molecule has 1 amide bonds. The molecule has 0 aromatic carbocycles. The molecule has 2 aromatic rings. The lowest BCUT2D eigenvalue weighted by Gasteiger charge is -2.14. The van der Waals surface area contributed by atoms with Crippen LogP contribution in [0.15, 0.2) is 35.4 Å². The van der Waals surface area contributed by atoms with E-state index in [0.29, 0.717) is 12.1 Å². The maximum atomic E-state index is 11.9. The molecule has 0 aliphatic rings. The first-order valence-corrected chi connectivity index (χ1v) is 4.92. The maximum Gasteiger partial charge on any atom is 0.257 e. The molecule has 0 bridgehead atoms. The topological polar surface area (TPSA) is 51.3 Å². The van der Waals surface area contributed by atoms with Crippen LogP contribution in [0.2, 0.25) is 0 Å². The molecule has 0 saturated carbocycles. The SMILES string of the molecule is CN(Cc1cnn(C)c1)C(=O)c1ccoc1. The molecule has 2 aromatic heterocycles. The summed E-state index contributed by atoms with van der Waals surface area (Å²) in [7, 11) is 3.60. The Balaban J connectivity index is 2.03. The number of furan rings is 1. The Morgan fingerprint density at radius 2 is 2.44 bits per heavy atom. The summed E-state index contributed by atoms with van der Waals surface area (Å²) in [5.74, 6) is -0.0578. The van der Waals surface area contributed by atoms with Gasteiger partial charge in [0.2, 0.25) is 0 Å². The minimum atomic E-state index is -0.0578. The van der Waals surface area contributed by atoms with Crippen molar-refractivity contribution in [3.05, 3.63) is 42.1 Å². The van der Waals surface area contributed by atoms with Crippen LogP contribution in [-0.2, 0) is 13.6 Å². The lowest BCUT2D eigenvalue weighted by molar-refractivity contribution is 0.0784. The van der Waals surface area contributed by atoms with E-state index in [9.17, 15) is 4.79 Å². The molecule has 2 heterocycles. The van der Waals surface area contributed by atoms with Gasteiger partial charge in [-0.05, 0) is 6.07 Å². The van der Waals surface area contributed by atoms with Crippen LogP contribution in [0, 0.1) is 0 Å². The average molecular weight is 219 g/mol. The molecule has 0 aliphatic heterocycles. The molecular formula is C11H13N3O2. The van der Waals surface area contributed by atoms with Crippen LogP contribution < -0.4 is 0 Å². The van der Waals surface area contributed by atoms with Crippen LogP contribution in [0.3, 0.4) is 0 Å². The van der Waals surface area contributed by atoms with E-state index in [1.807, 2.05) is 13.2 Å². The number of aromatic nitrogens is 2. The highest BCUT2D eigenvalue weighted by atomic mass is 16.3. The summed E-state index contributed by atoms with van der Waals surface area (Å²) in [6.45, 7) is 0.540. The third-order valence-electron chi connectivity index (χ3n) is 2.29. The zero-order valence-electron chi connectivity index (χ0n) is 9.25. The number of hydrogen-bond donors (Lipinski definition) is 0. The zero-order chi connectivity index (χ0) is 11.5. The molecule has 5 heteroatoms. The second-order valence-electron chi connectivity index (χ2n) is 3.70. The molecule has 2 rings (SSSR count). The summed E-state index contributed by atoms with van der Waals surface area (Å²) in [6.07, 6.45) is 6.57. The van der Waals surface area contributed by atoms with Gasteiger partial charge in [-0.25, -0.2) is 0 Å². The Labute approximate surface area is 93.3 Å². The van der Waals surface area contributed by atoms with Gasteiger partial charge in [-0.1, -0.05) is 0 Å². The molecule has 16 heavy (non-hydrogen) atoms. The third kappa shape index (κ3) is 2.13. The summed E-state index contributed by atoms with van der Waals surface area (Å²) in [4.78, 5) is 13.5. The second-order valence-corrected chi connectivity index (χ2v) is 3.70. The number of nitrogens with zero attached hydrogens (tertiary/aromatic N) is 3. The Morgan fingerprint density at radius 3 is 3.00 bits per heavy atom. The minimum Gasteiger partial charge on any atom is -0.472 e. The van der Waals surface area contributed by atoms with Crippen molar-refractivity contribution in [2.24, 2.45) is 7.05 Å². The van der Waals surface area contributed by atoms with Gasteiger partial charge in [-0.15, -0.1) is 0 Å². The number of carbonyl (C=O) groups excluding carboxylic acids is 1. The molecule has 0 N–H and O–H groups in total. The fraction of sp³-hybridized carbons (Fsp3) is 0.273. The molecular weight excluding hydrogens is 206 g/mol. The highest BCUT2D eigenvalue weighted by Gasteiger charge is 2.13. The van der Waals surface area contributed by atoms with E-state index in [0.717, 1.165) is 5.56 Å². The summed E-state index contributed by atoms with van der Waals surface area (Å²) in [5, 5.41) is 4.05. The van der Waals surface area contributed by atoms with Gasteiger partial charge >= 0.3 is 0 Å².